The summed E-state index contributed by atoms with van der Waals surface area (Å²) < 4.78 is 2.02. The number of benzene rings is 3. The van der Waals surface area contributed by atoms with E-state index in [2.05, 4.69) is 33.8 Å². The van der Waals surface area contributed by atoms with Crippen molar-refractivity contribution in [3.8, 4) is 0 Å². The molecule has 0 aliphatic heterocycles. The van der Waals surface area contributed by atoms with Crippen LogP contribution in [0.15, 0.2) is 65.5 Å². The normalized spacial score (nSPS) is 11.7. The Morgan fingerprint density at radius 3 is 2.17 bits per heavy atom. The average Bonchev–Trinajstić information content (AvgIpc) is 2.74. The molecule has 3 heteroatoms. The first-order chi connectivity index (χ1) is 14.4. The summed E-state index contributed by atoms with van der Waals surface area (Å²) >= 11 is 1.67. The van der Waals surface area contributed by atoms with Crippen molar-refractivity contribution in [3.63, 3.8) is 0 Å². The molecule has 2 nitrogen and oxygen atoms in total. The SMILES string of the molecule is CC(C)c1cc(C(C)C)c2sc3ccccc3c(=O)c2c1CC(=O)c1ccccc1. The van der Waals surface area contributed by atoms with Crippen LogP contribution in [0.2, 0.25) is 0 Å². The van der Waals surface area contributed by atoms with Gasteiger partial charge >= 0.3 is 0 Å². The van der Waals surface area contributed by atoms with Crippen molar-refractivity contribution in [1.29, 1.82) is 0 Å². The van der Waals surface area contributed by atoms with Crippen LogP contribution in [0.5, 0.6) is 0 Å². The second-order valence-electron chi connectivity index (χ2n) is 8.44. The number of fused-ring (bicyclic) bond motifs is 2. The van der Waals surface area contributed by atoms with Gasteiger partial charge in [-0.1, -0.05) is 76.2 Å². The van der Waals surface area contributed by atoms with Gasteiger partial charge in [0.1, 0.15) is 0 Å². The Kier molecular flexibility index (Phi) is 5.57. The first-order valence-electron chi connectivity index (χ1n) is 10.5. The minimum atomic E-state index is 0.0413. The molecule has 0 unspecified atom stereocenters. The molecule has 4 aromatic rings. The van der Waals surface area contributed by atoms with E-state index in [1.165, 1.54) is 5.56 Å². The molecule has 30 heavy (non-hydrogen) atoms. The molecule has 0 spiro atoms. The molecule has 0 N–H and O–H groups in total. The zero-order chi connectivity index (χ0) is 21.4. The molecule has 0 bridgehead atoms. The van der Waals surface area contributed by atoms with E-state index >= 15 is 0 Å². The Hall–Kier alpha value is -2.78. The third kappa shape index (κ3) is 3.59. The van der Waals surface area contributed by atoms with Gasteiger partial charge in [-0.05, 0) is 40.7 Å². The summed E-state index contributed by atoms with van der Waals surface area (Å²) in [5.74, 6) is 0.565. The van der Waals surface area contributed by atoms with Gasteiger partial charge in [-0.3, -0.25) is 9.59 Å². The van der Waals surface area contributed by atoms with Crippen LogP contribution in [-0.4, -0.2) is 5.78 Å². The summed E-state index contributed by atoms with van der Waals surface area (Å²) in [6, 6.07) is 19.4. The smallest absolute Gasteiger partial charge is 0.196 e. The highest BCUT2D eigenvalue weighted by molar-refractivity contribution is 7.24. The van der Waals surface area contributed by atoms with Crippen LogP contribution in [-0.2, 0) is 6.42 Å². The van der Waals surface area contributed by atoms with E-state index in [-0.39, 0.29) is 23.6 Å². The maximum absolute atomic E-state index is 13.7. The van der Waals surface area contributed by atoms with E-state index in [0.717, 1.165) is 31.3 Å². The predicted octanol–water partition coefficient (Wildman–Crippen LogP) is 7.09. The van der Waals surface area contributed by atoms with Crippen LogP contribution >= 0.6 is 11.3 Å². The van der Waals surface area contributed by atoms with Crippen LogP contribution in [0, 0.1) is 0 Å². The number of carbonyl (C=O) groups excluding carboxylic acids is 1. The molecule has 1 aromatic heterocycles. The van der Waals surface area contributed by atoms with Gasteiger partial charge in [0.25, 0.3) is 0 Å². The summed E-state index contributed by atoms with van der Waals surface area (Å²) in [7, 11) is 0. The zero-order valence-corrected chi connectivity index (χ0v) is 18.7. The van der Waals surface area contributed by atoms with Gasteiger partial charge in [-0.25, -0.2) is 0 Å². The highest BCUT2D eigenvalue weighted by atomic mass is 32.1. The molecular formula is C27H26O2S. The third-order valence-corrected chi connectivity index (χ3v) is 6.92. The average molecular weight is 415 g/mol. The first-order valence-corrected chi connectivity index (χ1v) is 11.3. The lowest BCUT2D eigenvalue weighted by atomic mass is 9.86. The number of Topliss-reactive ketones (excluding diaryl/α,β-unsaturated/α-hetero) is 1. The molecular weight excluding hydrogens is 388 g/mol. The first kappa shape index (κ1) is 20.5. The van der Waals surface area contributed by atoms with Crippen LogP contribution in [0.25, 0.3) is 20.2 Å². The molecule has 0 atom stereocenters. The Labute approximate surface area is 181 Å². The molecule has 0 fully saturated rings. The van der Waals surface area contributed by atoms with Crippen molar-refractivity contribution < 1.29 is 4.79 Å². The highest BCUT2D eigenvalue weighted by Gasteiger charge is 2.22. The van der Waals surface area contributed by atoms with Crippen LogP contribution in [0.1, 0.15) is 66.6 Å². The molecule has 0 aliphatic carbocycles. The Bertz CT molecular complexity index is 1300. The number of hydrogen-bond acceptors (Lipinski definition) is 3. The lowest BCUT2D eigenvalue weighted by Crippen LogP contribution is -2.13. The molecule has 0 saturated heterocycles. The Morgan fingerprint density at radius 1 is 0.867 bits per heavy atom. The second kappa shape index (κ2) is 8.16. The van der Waals surface area contributed by atoms with Crippen molar-refractivity contribution in [2.45, 2.75) is 46.0 Å². The van der Waals surface area contributed by atoms with Gasteiger partial charge in [0.2, 0.25) is 0 Å². The standard InChI is InChI=1S/C27H26O2S/c1-16(2)20-14-21(17(3)4)27-25(26(29)19-12-8-9-13-24(19)30-27)22(20)15-23(28)18-10-6-5-7-11-18/h5-14,16-17H,15H2,1-4H3. The monoisotopic (exact) mass is 414 g/mol. The van der Waals surface area contributed by atoms with Crippen molar-refractivity contribution in [3.05, 3.63) is 93.1 Å². The highest BCUT2D eigenvalue weighted by Crippen LogP contribution is 2.37. The largest absolute Gasteiger partial charge is 0.294 e. The molecule has 0 saturated carbocycles. The summed E-state index contributed by atoms with van der Waals surface area (Å²) in [5.41, 5.74) is 3.92. The molecule has 4 rings (SSSR count). The van der Waals surface area contributed by atoms with E-state index in [1.807, 2.05) is 54.6 Å². The summed E-state index contributed by atoms with van der Waals surface area (Å²) in [4.78, 5) is 26.8. The molecule has 1 heterocycles. The molecule has 0 amide bonds. The maximum atomic E-state index is 13.7. The molecule has 152 valence electrons. The predicted molar refractivity (Wildman–Crippen MR) is 128 cm³/mol. The maximum Gasteiger partial charge on any atom is 0.196 e. The van der Waals surface area contributed by atoms with Crippen molar-refractivity contribution in [1.82, 2.24) is 0 Å². The lowest BCUT2D eigenvalue weighted by Gasteiger charge is -2.20. The van der Waals surface area contributed by atoms with Crippen LogP contribution < -0.4 is 5.43 Å². The Morgan fingerprint density at radius 2 is 1.50 bits per heavy atom. The van der Waals surface area contributed by atoms with Crippen molar-refractivity contribution >= 4 is 37.3 Å². The molecule has 0 aliphatic rings. The molecule has 0 radical (unpaired) electrons. The summed E-state index contributed by atoms with van der Waals surface area (Å²) in [6.07, 6.45) is 0.243. The second-order valence-corrected chi connectivity index (χ2v) is 9.49. The van der Waals surface area contributed by atoms with E-state index in [9.17, 15) is 9.59 Å². The van der Waals surface area contributed by atoms with Crippen molar-refractivity contribution in [2.24, 2.45) is 0 Å². The van der Waals surface area contributed by atoms with Gasteiger partial charge < -0.3 is 0 Å². The van der Waals surface area contributed by atoms with E-state index in [1.54, 1.807) is 11.3 Å². The fourth-order valence-electron chi connectivity index (χ4n) is 4.10. The minimum Gasteiger partial charge on any atom is -0.294 e. The molecule has 3 aromatic carbocycles. The minimum absolute atomic E-state index is 0.0413. The van der Waals surface area contributed by atoms with Gasteiger partial charge in [-0.2, -0.15) is 0 Å². The van der Waals surface area contributed by atoms with Crippen molar-refractivity contribution in [2.75, 3.05) is 0 Å². The Balaban J connectivity index is 2.07. The zero-order valence-electron chi connectivity index (χ0n) is 17.9. The number of carbonyl (C=O) groups is 1. The van der Waals surface area contributed by atoms with E-state index in [0.29, 0.717) is 11.5 Å². The van der Waals surface area contributed by atoms with Crippen LogP contribution in [0.3, 0.4) is 0 Å². The van der Waals surface area contributed by atoms with Crippen LogP contribution in [0.4, 0.5) is 0 Å². The summed E-state index contributed by atoms with van der Waals surface area (Å²) in [6.45, 7) is 8.60. The van der Waals surface area contributed by atoms with Gasteiger partial charge in [0.05, 0.1) is 0 Å². The number of hydrogen-bond donors (Lipinski definition) is 0. The van der Waals surface area contributed by atoms with E-state index < -0.39 is 0 Å². The number of ketones is 1. The van der Waals surface area contributed by atoms with Gasteiger partial charge in [0, 0.05) is 32.2 Å². The lowest BCUT2D eigenvalue weighted by molar-refractivity contribution is 0.0993. The fourth-order valence-corrected chi connectivity index (χ4v) is 5.47. The van der Waals surface area contributed by atoms with E-state index in [4.69, 9.17) is 0 Å². The topological polar surface area (TPSA) is 34.1 Å². The van der Waals surface area contributed by atoms with Gasteiger partial charge in [-0.15, -0.1) is 11.3 Å². The number of rotatable bonds is 5. The summed E-state index contributed by atoms with van der Waals surface area (Å²) in [5, 5.41) is 1.47. The third-order valence-electron chi connectivity index (χ3n) is 5.70. The fraction of sp³-hybridized carbons (Fsp3) is 0.259. The quantitative estimate of drug-likeness (QED) is 0.258. The van der Waals surface area contributed by atoms with Gasteiger partial charge in [0.15, 0.2) is 11.2 Å².